The van der Waals surface area contributed by atoms with Crippen molar-refractivity contribution in [2.24, 2.45) is 0 Å². The smallest absolute Gasteiger partial charge is 0.335 e. The molecule has 3 aromatic rings. The zero-order valence-corrected chi connectivity index (χ0v) is 15.2. The zero-order valence-electron chi connectivity index (χ0n) is 15.2. The second-order valence-electron chi connectivity index (χ2n) is 5.85. The molecule has 0 saturated heterocycles. The summed E-state index contributed by atoms with van der Waals surface area (Å²) in [5.74, 6) is 0.428. The number of hydrogen-bond donors (Lipinski definition) is 1. The molecule has 0 saturated carbocycles. The Morgan fingerprint density at radius 2 is 1.78 bits per heavy atom. The lowest BCUT2D eigenvalue weighted by Gasteiger charge is -2.14. The fourth-order valence-corrected chi connectivity index (χ4v) is 2.39. The number of benzene rings is 2. The number of methoxy groups -OCH3 is 2. The van der Waals surface area contributed by atoms with Crippen LogP contribution in [0, 0.1) is 0 Å². The predicted octanol–water partition coefficient (Wildman–Crippen LogP) is 2.55. The van der Waals surface area contributed by atoms with Gasteiger partial charge in [-0.3, -0.25) is 0 Å². The first-order chi connectivity index (χ1) is 12.9. The molecule has 0 spiro atoms. The van der Waals surface area contributed by atoms with Gasteiger partial charge in [-0.05, 0) is 31.2 Å². The minimum atomic E-state index is -1.48. The molecule has 3 rings (SSSR count). The second-order valence-corrected chi connectivity index (χ2v) is 5.85. The van der Waals surface area contributed by atoms with E-state index in [2.05, 4.69) is 16.8 Å². The van der Waals surface area contributed by atoms with Crippen molar-refractivity contribution in [1.82, 2.24) is 15.0 Å². The van der Waals surface area contributed by atoms with Crippen LogP contribution in [0.4, 0.5) is 0 Å². The minimum absolute atomic E-state index is 0.186. The Bertz CT molecular complexity index is 1010. The largest absolute Gasteiger partial charge is 0.497 e. The summed E-state index contributed by atoms with van der Waals surface area (Å²) in [6.45, 7) is 4.99. The SMILES string of the molecule is C=C(C)C(=O)OC(O)c1cc(OC)cc(-n2nc3ccc(OC)cc3n2)c1. The van der Waals surface area contributed by atoms with E-state index in [0.717, 1.165) is 0 Å². The van der Waals surface area contributed by atoms with Gasteiger partial charge in [-0.1, -0.05) is 6.58 Å². The molecular formula is C19H19N3O5. The Hall–Kier alpha value is -3.39. The van der Waals surface area contributed by atoms with Crippen molar-refractivity contribution in [1.29, 1.82) is 0 Å². The topological polar surface area (TPSA) is 95.7 Å². The molecule has 0 aliphatic heterocycles. The minimum Gasteiger partial charge on any atom is -0.497 e. The Balaban J connectivity index is 2.00. The monoisotopic (exact) mass is 369 g/mol. The summed E-state index contributed by atoms with van der Waals surface area (Å²) in [5, 5.41) is 19.1. The van der Waals surface area contributed by atoms with E-state index >= 15 is 0 Å². The molecule has 8 nitrogen and oxygen atoms in total. The normalized spacial score (nSPS) is 11.9. The summed E-state index contributed by atoms with van der Waals surface area (Å²) >= 11 is 0. The summed E-state index contributed by atoms with van der Waals surface area (Å²) in [6, 6.07) is 10.2. The number of fused-ring (bicyclic) bond motifs is 1. The average molecular weight is 369 g/mol. The van der Waals surface area contributed by atoms with Crippen LogP contribution in [0.25, 0.3) is 16.7 Å². The van der Waals surface area contributed by atoms with Gasteiger partial charge in [-0.2, -0.15) is 4.80 Å². The number of carbonyl (C=O) groups excluding carboxylic acids is 1. The van der Waals surface area contributed by atoms with Crippen molar-refractivity contribution in [3.8, 4) is 17.2 Å². The summed E-state index contributed by atoms with van der Waals surface area (Å²) in [7, 11) is 3.07. The van der Waals surface area contributed by atoms with Gasteiger partial charge < -0.3 is 19.3 Å². The lowest BCUT2D eigenvalue weighted by atomic mass is 10.2. The predicted molar refractivity (Wildman–Crippen MR) is 97.8 cm³/mol. The molecule has 0 bridgehead atoms. The molecule has 1 N–H and O–H groups in total. The number of ether oxygens (including phenoxy) is 3. The van der Waals surface area contributed by atoms with Crippen LogP contribution >= 0.6 is 0 Å². The van der Waals surface area contributed by atoms with Crippen molar-refractivity contribution in [2.75, 3.05) is 14.2 Å². The van der Waals surface area contributed by atoms with E-state index in [1.807, 2.05) is 0 Å². The van der Waals surface area contributed by atoms with Crippen LogP contribution in [-0.4, -0.2) is 40.3 Å². The Morgan fingerprint density at radius 1 is 1.07 bits per heavy atom. The average Bonchev–Trinajstić information content (AvgIpc) is 3.10. The third-order valence-corrected chi connectivity index (χ3v) is 3.82. The number of esters is 1. The third kappa shape index (κ3) is 3.90. The van der Waals surface area contributed by atoms with Crippen LogP contribution in [0.2, 0.25) is 0 Å². The molecule has 0 aliphatic rings. The van der Waals surface area contributed by atoms with E-state index in [-0.39, 0.29) is 5.57 Å². The van der Waals surface area contributed by atoms with Crippen LogP contribution in [0.15, 0.2) is 48.6 Å². The van der Waals surface area contributed by atoms with E-state index in [1.54, 1.807) is 43.5 Å². The number of rotatable bonds is 6. The van der Waals surface area contributed by atoms with Crippen LogP contribution in [0.5, 0.6) is 11.5 Å². The first-order valence-corrected chi connectivity index (χ1v) is 8.06. The molecule has 1 heterocycles. The van der Waals surface area contributed by atoms with Gasteiger partial charge in [0, 0.05) is 23.3 Å². The van der Waals surface area contributed by atoms with Crippen LogP contribution in [0.3, 0.4) is 0 Å². The fourth-order valence-electron chi connectivity index (χ4n) is 2.39. The van der Waals surface area contributed by atoms with Crippen molar-refractivity contribution in [3.63, 3.8) is 0 Å². The van der Waals surface area contributed by atoms with Gasteiger partial charge in [0.25, 0.3) is 0 Å². The van der Waals surface area contributed by atoms with Gasteiger partial charge in [0.2, 0.25) is 6.29 Å². The fraction of sp³-hybridized carbons (Fsp3) is 0.211. The number of aliphatic hydroxyl groups is 1. The van der Waals surface area contributed by atoms with Crippen molar-refractivity contribution in [2.45, 2.75) is 13.2 Å². The molecule has 27 heavy (non-hydrogen) atoms. The second kappa shape index (κ2) is 7.46. The molecule has 8 heteroatoms. The first-order valence-electron chi connectivity index (χ1n) is 8.06. The highest BCUT2D eigenvalue weighted by atomic mass is 16.6. The summed E-state index contributed by atoms with van der Waals surface area (Å²) in [5.41, 5.74) is 2.36. The summed E-state index contributed by atoms with van der Waals surface area (Å²) < 4.78 is 15.4. The standard InChI is InChI=1S/C19H19N3O5/c1-11(2)18(23)27-19(24)12-7-13(9-15(8-12)26-4)22-20-16-6-5-14(25-3)10-17(16)21-22/h5-10,19,24H,1H2,2-4H3. The number of hydrogen-bond acceptors (Lipinski definition) is 7. The van der Waals surface area contributed by atoms with Gasteiger partial charge >= 0.3 is 5.97 Å². The quantitative estimate of drug-likeness (QED) is 0.405. The highest BCUT2D eigenvalue weighted by molar-refractivity contribution is 5.87. The first kappa shape index (κ1) is 18.4. The summed E-state index contributed by atoms with van der Waals surface area (Å²) in [4.78, 5) is 13.1. The number of aromatic nitrogens is 3. The molecular weight excluding hydrogens is 350 g/mol. The Kier molecular flexibility index (Phi) is 5.09. The molecule has 1 atom stereocenters. The van der Waals surface area contributed by atoms with E-state index in [4.69, 9.17) is 14.2 Å². The molecule has 0 radical (unpaired) electrons. The lowest BCUT2D eigenvalue weighted by molar-refractivity contribution is -0.164. The van der Waals surface area contributed by atoms with E-state index in [9.17, 15) is 9.90 Å². The van der Waals surface area contributed by atoms with Gasteiger partial charge in [-0.25, -0.2) is 4.79 Å². The third-order valence-electron chi connectivity index (χ3n) is 3.82. The maximum atomic E-state index is 11.7. The maximum absolute atomic E-state index is 11.7. The number of aliphatic hydroxyl groups excluding tert-OH is 1. The summed E-state index contributed by atoms with van der Waals surface area (Å²) in [6.07, 6.45) is -1.48. The molecule has 2 aromatic carbocycles. The van der Waals surface area contributed by atoms with Crippen molar-refractivity contribution >= 4 is 17.0 Å². The van der Waals surface area contributed by atoms with Crippen molar-refractivity contribution in [3.05, 3.63) is 54.1 Å². The molecule has 1 aromatic heterocycles. The molecule has 1 unspecified atom stereocenters. The van der Waals surface area contributed by atoms with Gasteiger partial charge in [0.05, 0.1) is 19.9 Å². The Labute approximate surface area is 155 Å². The molecule has 140 valence electrons. The molecule has 0 aliphatic carbocycles. The van der Waals surface area contributed by atoms with Crippen LogP contribution in [-0.2, 0) is 9.53 Å². The van der Waals surface area contributed by atoms with Crippen LogP contribution in [0.1, 0.15) is 18.8 Å². The van der Waals surface area contributed by atoms with Crippen molar-refractivity contribution < 1.29 is 24.1 Å². The van der Waals surface area contributed by atoms with E-state index in [0.29, 0.717) is 33.8 Å². The zero-order chi connectivity index (χ0) is 19.6. The number of carbonyl (C=O) groups is 1. The highest BCUT2D eigenvalue weighted by Gasteiger charge is 2.17. The van der Waals surface area contributed by atoms with Gasteiger partial charge in [-0.15, -0.1) is 10.2 Å². The van der Waals surface area contributed by atoms with Gasteiger partial charge in [0.1, 0.15) is 22.5 Å². The lowest BCUT2D eigenvalue weighted by Crippen LogP contribution is -2.12. The van der Waals surface area contributed by atoms with Crippen LogP contribution < -0.4 is 9.47 Å². The Morgan fingerprint density at radius 3 is 2.44 bits per heavy atom. The molecule has 0 amide bonds. The highest BCUT2D eigenvalue weighted by Crippen LogP contribution is 2.26. The van der Waals surface area contributed by atoms with Gasteiger partial charge in [0.15, 0.2) is 0 Å². The number of nitrogens with zero attached hydrogens (tertiary/aromatic N) is 3. The molecule has 0 fully saturated rings. The van der Waals surface area contributed by atoms with E-state index < -0.39 is 12.3 Å². The maximum Gasteiger partial charge on any atom is 0.335 e. The van der Waals surface area contributed by atoms with E-state index in [1.165, 1.54) is 18.8 Å².